The Balaban J connectivity index is 2.07. The van der Waals surface area contributed by atoms with Crippen LogP contribution in [0.2, 0.25) is 0 Å². The summed E-state index contributed by atoms with van der Waals surface area (Å²) in [5.41, 5.74) is 0.892. The summed E-state index contributed by atoms with van der Waals surface area (Å²) in [5.74, 6) is -0.646. The Morgan fingerprint density at radius 2 is 2.16 bits per heavy atom. The molecule has 2 aliphatic carbocycles. The predicted molar refractivity (Wildman–Crippen MR) is 68.1 cm³/mol. The molecule has 19 heavy (non-hydrogen) atoms. The van der Waals surface area contributed by atoms with E-state index in [4.69, 9.17) is 4.74 Å². The third kappa shape index (κ3) is 1.49. The molecule has 2 fully saturated rings. The first kappa shape index (κ1) is 12.6. The number of carbonyl (C=O) groups excluding carboxylic acids is 2. The monoisotopic (exact) mass is 262 g/mol. The third-order valence-electron chi connectivity index (χ3n) is 5.14. The highest BCUT2D eigenvalue weighted by Crippen LogP contribution is 2.55. The van der Waals surface area contributed by atoms with E-state index in [2.05, 4.69) is 6.58 Å². The van der Waals surface area contributed by atoms with E-state index in [-0.39, 0.29) is 29.7 Å². The van der Waals surface area contributed by atoms with Gasteiger partial charge in [0.15, 0.2) is 5.78 Å². The maximum atomic E-state index is 11.8. The van der Waals surface area contributed by atoms with Gasteiger partial charge < -0.3 is 9.84 Å². The Kier molecular flexibility index (Phi) is 2.52. The van der Waals surface area contributed by atoms with Crippen molar-refractivity contribution in [2.24, 2.45) is 17.3 Å². The van der Waals surface area contributed by atoms with Gasteiger partial charge in [-0.1, -0.05) is 19.1 Å². The lowest BCUT2D eigenvalue weighted by atomic mass is 9.55. The summed E-state index contributed by atoms with van der Waals surface area (Å²) >= 11 is 0. The summed E-state index contributed by atoms with van der Waals surface area (Å²) in [6.45, 7) is 7.61. The number of aliphatic hydroxyl groups excluding tert-OH is 1. The van der Waals surface area contributed by atoms with Crippen LogP contribution in [0.3, 0.4) is 0 Å². The normalized spacial score (nSPS) is 45.4. The third-order valence-corrected chi connectivity index (χ3v) is 5.14. The number of esters is 1. The van der Waals surface area contributed by atoms with Gasteiger partial charge in [-0.2, -0.15) is 0 Å². The second-order valence-electron chi connectivity index (χ2n) is 6.22. The molecule has 3 aliphatic rings. The molecular formula is C15H18O4. The molecule has 0 aromatic carbocycles. The molecule has 1 saturated carbocycles. The van der Waals surface area contributed by atoms with E-state index in [0.717, 1.165) is 12.0 Å². The van der Waals surface area contributed by atoms with E-state index in [9.17, 15) is 14.7 Å². The Hall–Kier alpha value is -1.42. The van der Waals surface area contributed by atoms with Crippen molar-refractivity contribution in [2.45, 2.75) is 38.9 Å². The second-order valence-corrected chi connectivity index (χ2v) is 6.22. The van der Waals surface area contributed by atoms with Gasteiger partial charge in [0.25, 0.3) is 0 Å². The highest BCUT2D eigenvalue weighted by Gasteiger charge is 2.58. The average Bonchev–Trinajstić information content (AvgIpc) is 2.62. The van der Waals surface area contributed by atoms with E-state index in [1.165, 1.54) is 6.08 Å². The maximum absolute atomic E-state index is 11.8. The largest absolute Gasteiger partial charge is 0.458 e. The highest BCUT2D eigenvalue weighted by atomic mass is 16.6. The van der Waals surface area contributed by atoms with E-state index < -0.39 is 11.5 Å². The molecule has 0 aromatic heterocycles. The zero-order chi connectivity index (χ0) is 13.9. The summed E-state index contributed by atoms with van der Waals surface area (Å²) in [6.07, 6.45) is 1.65. The first-order valence-electron chi connectivity index (χ1n) is 6.66. The van der Waals surface area contributed by atoms with Gasteiger partial charge in [0.05, 0.1) is 0 Å². The van der Waals surface area contributed by atoms with Crippen molar-refractivity contribution >= 4 is 11.8 Å². The van der Waals surface area contributed by atoms with Crippen LogP contribution in [-0.4, -0.2) is 29.1 Å². The van der Waals surface area contributed by atoms with Gasteiger partial charge >= 0.3 is 5.97 Å². The van der Waals surface area contributed by atoms with Crippen molar-refractivity contribution < 1.29 is 19.4 Å². The summed E-state index contributed by atoms with van der Waals surface area (Å²) < 4.78 is 5.46. The highest BCUT2D eigenvalue weighted by molar-refractivity contribution is 5.96. The topological polar surface area (TPSA) is 63.6 Å². The van der Waals surface area contributed by atoms with Crippen LogP contribution in [0.15, 0.2) is 23.8 Å². The average molecular weight is 262 g/mol. The zero-order valence-electron chi connectivity index (χ0n) is 11.2. The van der Waals surface area contributed by atoms with Gasteiger partial charge in [0, 0.05) is 22.8 Å². The van der Waals surface area contributed by atoms with Crippen molar-refractivity contribution in [3.8, 4) is 0 Å². The predicted octanol–water partition coefficient (Wildman–Crippen LogP) is 1.39. The lowest BCUT2D eigenvalue weighted by molar-refractivity contribution is -0.153. The number of ketones is 1. The summed E-state index contributed by atoms with van der Waals surface area (Å²) in [5, 5.41) is 10.2. The molecule has 0 aromatic rings. The molecule has 0 radical (unpaired) electrons. The van der Waals surface area contributed by atoms with E-state index >= 15 is 0 Å². The Morgan fingerprint density at radius 1 is 1.47 bits per heavy atom. The number of hydrogen-bond donors (Lipinski definition) is 1. The van der Waals surface area contributed by atoms with Crippen molar-refractivity contribution in [3.05, 3.63) is 23.8 Å². The van der Waals surface area contributed by atoms with Crippen LogP contribution >= 0.6 is 0 Å². The zero-order valence-corrected chi connectivity index (χ0v) is 11.2. The smallest absolute Gasteiger partial charge is 0.334 e. The van der Waals surface area contributed by atoms with Crippen LogP contribution < -0.4 is 0 Å². The number of hydrogen-bond acceptors (Lipinski definition) is 4. The van der Waals surface area contributed by atoms with Crippen molar-refractivity contribution in [3.63, 3.8) is 0 Å². The molecule has 0 amide bonds. The van der Waals surface area contributed by atoms with Crippen molar-refractivity contribution in [1.29, 1.82) is 0 Å². The Bertz CT molecular complexity index is 518. The minimum Gasteiger partial charge on any atom is -0.458 e. The number of fused-ring (bicyclic) bond motifs is 3. The molecule has 1 heterocycles. The number of ether oxygens (including phenoxy) is 1. The quantitative estimate of drug-likeness (QED) is 0.529. The minimum absolute atomic E-state index is 0.0225. The van der Waals surface area contributed by atoms with Gasteiger partial charge in [-0.15, -0.1) is 0 Å². The fourth-order valence-corrected chi connectivity index (χ4v) is 4.07. The van der Waals surface area contributed by atoms with E-state index in [0.29, 0.717) is 12.0 Å². The SMILES string of the molecule is C=C1C(=O)O[C@H]2[C@@H]1CC[C@]1(C)[C@@H]2C(C)=CC(=O)[C@@H]1O. The molecule has 4 nitrogen and oxygen atoms in total. The molecule has 1 N–H and O–H groups in total. The molecule has 102 valence electrons. The van der Waals surface area contributed by atoms with Crippen molar-refractivity contribution in [1.82, 2.24) is 0 Å². The minimum atomic E-state index is -1.00. The van der Waals surface area contributed by atoms with Crippen LogP contribution in [0.25, 0.3) is 0 Å². The molecule has 0 unspecified atom stereocenters. The molecule has 1 saturated heterocycles. The van der Waals surface area contributed by atoms with Crippen LogP contribution in [0.4, 0.5) is 0 Å². The van der Waals surface area contributed by atoms with Gasteiger partial charge in [0.2, 0.25) is 0 Å². The standard InChI is InChI=1S/C15H18O4/c1-7-6-10(16)13(17)15(3)5-4-9-8(2)14(18)19-12(9)11(7)15/h6,9,11-13,17H,2,4-5H2,1,3H3/t9-,11-,12+,13+,15-/m1/s1. The van der Waals surface area contributed by atoms with Gasteiger partial charge in [-0.05, 0) is 25.8 Å². The van der Waals surface area contributed by atoms with Gasteiger partial charge in [0.1, 0.15) is 12.2 Å². The van der Waals surface area contributed by atoms with Crippen LogP contribution in [0, 0.1) is 17.3 Å². The van der Waals surface area contributed by atoms with E-state index in [1.807, 2.05) is 13.8 Å². The Morgan fingerprint density at radius 3 is 2.84 bits per heavy atom. The van der Waals surface area contributed by atoms with Crippen LogP contribution in [0.5, 0.6) is 0 Å². The van der Waals surface area contributed by atoms with Crippen LogP contribution in [-0.2, 0) is 14.3 Å². The van der Waals surface area contributed by atoms with Gasteiger partial charge in [-0.25, -0.2) is 4.79 Å². The summed E-state index contributed by atoms with van der Waals surface area (Å²) in [4.78, 5) is 23.5. The fraction of sp³-hybridized carbons (Fsp3) is 0.600. The molecule has 3 rings (SSSR count). The molecule has 0 spiro atoms. The maximum Gasteiger partial charge on any atom is 0.334 e. The van der Waals surface area contributed by atoms with Crippen molar-refractivity contribution in [2.75, 3.05) is 0 Å². The molecule has 0 bridgehead atoms. The summed E-state index contributed by atoms with van der Waals surface area (Å²) in [7, 11) is 0. The van der Waals surface area contributed by atoms with Crippen LogP contribution in [0.1, 0.15) is 26.7 Å². The molecule has 5 atom stereocenters. The number of rotatable bonds is 0. The number of carbonyl (C=O) groups is 2. The Labute approximate surface area is 112 Å². The molecular weight excluding hydrogens is 244 g/mol. The lowest BCUT2D eigenvalue weighted by Crippen LogP contribution is -2.55. The molecule has 4 heteroatoms. The second kappa shape index (κ2) is 3.79. The first-order valence-corrected chi connectivity index (χ1v) is 6.66. The lowest BCUT2D eigenvalue weighted by Gasteiger charge is -2.50. The first-order chi connectivity index (χ1) is 8.86. The fourth-order valence-electron chi connectivity index (χ4n) is 4.07. The van der Waals surface area contributed by atoms with E-state index in [1.54, 1.807) is 0 Å². The van der Waals surface area contributed by atoms with Gasteiger partial charge in [-0.3, -0.25) is 4.79 Å². The summed E-state index contributed by atoms with van der Waals surface area (Å²) in [6, 6.07) is 0. The molecule has 1 aliphatic heterocycles. The number of aliphatic hydroxyl groups is 1.